The molecular weight excluding hydrogens is 390 g/mol. The van der Waals surface area contributed by atoms with Gasteiger partial charge in [0.1, 0.15) is 5.75 Å². The number of rotatable bonds is 3. The van der Waals surface area contributed by atoms with E-state index in [4.69, 9.17) is 4.74 Å². The molecule has 1 saturated heterocycles. The Morgan fingerprint density at radius 1 is 1.07 bits per heavy atom. The van der Waals surface area contributed by atoms with Crippen LogP contribution in [0.3, 0.4) is 0 Å². The van der Waals surface area contributed by atoms with E-state index >= 15 is 0 Å². The van der Waals surface area contributed by atoms with E-state index < -0.39 is 10.0 Å². The molecule has 1 aromatic heterocycles. The van der Waals surface area contributed by atoms with Crippen LogP contribution in [-0.4, -0.2) is 43.3 Å². The van der Waals surface area contributed by atoms with Crippen molar-refractivity contribution in [2.45, 2.75) is 23.7 Å². The van der Waals surface area contributed by atoms with Gasteiger partial charge in [-0.05, 0) is 48.6 Å². The predicted molar refractivity (Wildman–Crippen MR) is 110 cm³/mol. The number of nitrogens with zero attached hydrogens (tertiary/aromatic N) is 1. The first-order valence-electron chi connectivity index (χ1n) is 9.65. The summed E-state index contributed by atoms with van der Waals surface area (Å²) < 4.78 is 33.1. The number of carbonyl (C=O) groups excluding carboxylic acids is 1. The fourth-order valence-corrected chi connectivity index (χ4v) is 5.71. The van der Waals surface area contributed by atoms with Crippen molar-refractivity contribution in [1.82, 2.24) is 9.29 Å². The van der Waals surface area contributed by atoms with Crippen LogP contribution >= 0.6 is 0 Å². The minimum atomic E-state index is -3.63. The topological polar surface area (TPSA) is 91.5 Å². The highest BCUT2D eigenvalue weighted by molar-refractivity contribution is 7.89. The summed E-state index contributed by atoms with van der Waals surface area (Å²) in [5.41, 5.74) is 2.76. The summed E-state index contributed by atoms with van der Waals surface area (Å²) in [5.74, 6) is 0.530. The molecule has 0 saturated carbocycles. The van der Waals surface area contributed by atoms with Gasteiger partial charge < -0.3 is 15.0 Å². The lowest BCUT2D eigenvalue weighted by Gasteiger charge is -2.31. The molecule has 2 aliphatic heterocycles. The molecule has 0 radical (unpaired) electrons. The molecule has 0 aliphatic carbocycles. The number of aromatic nitrogens is 1. The van der Waals surface area contributed by atoms with Gasteiger partial charge in [0.05, 0.1) is 10.6 Å². The first-order chi connectivity index (χ1) is 14.0. The Morgan fingerprint density at radius 3 is 2.69 bits per heavy atom. The maximum atomic E-state index is 13.1. The molecule has 7 nitrogen and oxygen atoms in total. The second-order valence-corrected chi connectivity index (χ2v) is 9.40. The van der Waals surface area contributed by atoms with Gasteiger partial charge in [-0.3, -0.25) is 4.79 Å². The zero-order chi connectivity index (χ0) is 20.0. The van der Waals surface area contributed by atoms with E-state index in [1.165, 1.54) is 27.4 Å². The van der Waals surface area contributed by atoms with Crippen LogP contribution in [0.25, 0.3) is 10.9 Å². The van der Waals surface area contributed by atoms with Gasteiger partial charge in [-0.1, -0.05) is 18.2 Å². The molecule has 5 rings (SSSR count). The Morgan fingerprint density at radius 2 is 1.86 bits per heavy atom. The monoisotopic (exact) mass is 411 g/mol. The van der Waals surface area contributed by atoms with Gasteiger partial charge in [0, 0.05) is 30.2 Å². The number of fused-ring (bicyclic) bond motifs is 2. The molecule has 0 atom stereocenters. The van der Waals surface area contributed by atoms with E-state index in [0.717, 1.165) is 18.4 Å². The van der Waals surface area contributed by atoms with Crippen molar-refractivity contribution in [3.05, 3.63) is 54.2 Å². The molecule has 3 heterocycles. The highest BCUT2D eigenvalue weighted by Crippen LogP contribution is 2.36. The normalized spacial score (nSPS) is 18.3. The fourth-order valence-electron chi connectivity index (χ4n) is 4.21. The Hall–Kier alpha value is -2.84. The second kappa shape index (κ2) is 6.89. The standard InChI is InChI=1S/C21H21N3O4S/c25-21-13-28-20-6-5-15(11-19(20)23-21)29(26,27)24-9-7-14(8-10-24)17-12-22-18-4-2-1-3-16(17)18/h1-6,11-12,14,22H,7-10,13H2,(H,23,25). The molecule has 3 aromatic rings. The quantitative estimate of drug-likeness (QED) is 0.693. The maximum Gasteiger partial charge on any atom is 0.262 e. The molecule has 29 heavy (non-hydrogen) atoms. The van der Waals surface area contributed by atoms with Crippen molar-refractivity contribution in [1.29, 1.82) is 0 Å². The Kier molecular flexibility index (Phi) is 4.33. The van der Waals surface area contributed by atoms with E-state index in [-0.39, 0.29) is 17.4 Å². The Bertz CT molecular complexity index is 1190. The summed E-state index contributed by atoms with van der Waals surface area (Å²) in [5, 5.41) is 3.88. The van der Waals surface area contributed by atoms with Crippen molar-refractivity contribution < 1.29 is 17.9 Å². The molecule has 150 valence electrons. The van der Waals surface area contributed by atoms with Crippen LogP contribution in [0.1, 0.15) is 24.3 Å². The number of hydrogen-bond donors (Lipinski definition) is 2. The number of anilines is 1. The third kappa shape index (κ3) is 3.18. The van der Waals surface area contributed by atoms with Crippen molar-refractivity contribution >= 4 is 32.5 Å². The smallest absolute Gasteiger partial charge is 0.262 e. The Labute approximate surface area is 168 Å². The lowest BCUT2D eigenvalue weighted by molar-refractivity contribution is -0.118. The van der Waals surface area contributed by atoms with Crippen molar-refractivity contribution in [3.8, 4) is 5.75 Å². The third-order valence-corrected chi connectivity index (χ3v) is 7.63. The molecular formula is C21H21N3O4S. The zero-order valence-corrected chi connectivity index (χ0v) is 16.5. The number of nitrogens with one attached hydrogen (secondary N) is 2. The third-order valence-electron chi connectivity index (χ3n) is 5.74. The van der Waals surface area contributed by atoms with E-state index in [9.17, 15) is 13.2 Å². The second-order valence-electron chi connectivity index (χ2n) is 7.46. The number of amides is 1. The Balaban J connectivity index is 1.35. The summed E-state index contributed by atoms with van der Waals surface area (Å²) >= 11 is 0. The van der Waals surface area contributed by atoms with Gasteiger partial charge >= 0.3 is 0 Å². The summed E-state index contributed by atoms with van der Waals surface area (Å²) in [7, 11) is -3.63. The number of benzene rings is 2. The van der Waals surface area contributed by atoms with E-state index in [0.29, 0.717) is 30.4 Å². The molecule has 0 bridgehead atoms. The number of ether oxygens (including phenoxy) is 1. The van der Waals surface area contributed by atoms with Crippen molar-refractivity contribution in [2.75, 3.05) is 25.0 Å². The maximum absolute atomic E-state index is 13.1. The SMILES string of the molecule is O=C1COc2ccc(S(=O)(=O)N3CCC(c4c[nH]c5ccccc45)CC3)cc2N1. The van der Waals surface area contributed by atoms with Gasteiger partial charge in [-0.2, -0.15) is 4.31 Å². The van der Waals surface area contributed by atoms with E-state index in [1.54, 1.807) is 6.07 Å². The fraction of sp³-hybridized carbons (Fsp3) is 0.286. The van der Waals surface area contributed by atoms with Crippen LogP contribution in [0.2, 0.25) is 0 Å². The molecule has 1 amide bonds. The number of H-pyrrole nitrogens is 1. The van der Waals surface area contributed by atoms with Crippen LogP contribution in [0, 0.1) is 0 Å². The van der Waals surface area contributed by atoms with Crippen molar-refractivity contribution in [3.63, 3.8) is 0 Å². The lowest BCUT2D eigenvalue weighted by Crippen LogP contribution is -2.38. The summed E-state index contributed by atoms with van der Waals surface area (Å²) in [6.45, 7) is 0.874. The molecule has 1 fully saturated rings. The summed E-state index contributed by atoms with van der Waals surface area (Å²) in [4.78, 5) is 15.0. The lowest BCUT2D eigenvalue weighted by atomic mass is 9.90. The number of piperidine rings is 1. The number of aromatic amines is 1. The van der Waals surface area contributed by atoms with Gasteiger partial charge in [0.25, 0.3) is 5.91 Å². The molecule has 2 N–H and O–H groups in total. The summed E-state index contributed by atoms with van der Waals surface area (Å²) in [6.07, 6.45) is 3.59. The zero-order valence-electron chi connectivity index (χ0n) is 15.7. The van der Waals surface area contributed by atoms with Gasteiger partial charge in [0.15, 0.2) is 6.61 Å². The highest BCUT2D eigenvalue weighted by atomic mass is 32.2. The number of carbonyl (C=O) groups is 1. The van der Waals surface area contributed by atoms with E-state index in [2.05, 4.69) is 22.4 Å². The highest BCUT2D eigenvalue weighted by Gasteiger charge is 2.31. The first kappa shape index (κ1) is 18.2. The van der Waals surface area contributed by atoms with Crippen LogP contribution in [0.5, 0.6) is 5.75 Å². The predicted octanol–water partition coefficient (Wildman–Crippen LogP) is 3.07. The minimum absolute atomic E-state index is 0.0551. The van der Waals surface area contributed by atoms with Gasteiger partial charge in [-0.15, -0.1) is 0 Å². The molecule has 8 heteroatoms. The molecule has 0 unspecified atom stereocenters. The molecule has 2 aromatic carbocycles. The average Bonchev–Trinajstić information content (AvgIpc) is 3.17. The van der Waals surface area contributed by atoms with Crippen LogP contribution in [-0.2, 0) is 14.8 Å². The van der Waals surface area contributed by atoms with Crippen LogP contribution in [0.4, 0.5) is 5.69 Å². The van der Waals surface area contributed by atoms with Crippen LogP contribution in [0.15, 0.2) is 53.6 Å². The summed E-state index contributed by atoms with van der Waals surface area (Å²) in [6, 6.07) is 12.8. The molecule has 0 spiro atoms. The number of hydrogen-bond acceptors (Lipinski definition) is 4. The van der Waals surface area contributed by atoms with Gasteiger partial charge in [0.2, 0.25) is 10.0 Å². The average molecular weight is 411 g/mol. The van der Waals surface area contributed by atoms with E-state index in [1.807, 2.05) is 18.3 Å². The number of para-hydroxylation sites is 1. The largest absolute Gasteiger partial charge is 0.482 e. The minimum Gasteiger partial charge on any atom is -0.482 e. The van der Waals surface area contributed by atoms with Crippen LogP contribution < -0.4 is 10.1 Å². The molecule has 2 aliphatic rings. The first-order valence-corrected chi connectivity index (χ1v) is 11.1. The van der Waals surface area contributed by atoms with Gasteiger partial charge in [-0.25, -0.2) is 8.42 Å². The van der Waals surface area contributed by atoms with Crippen molar-refractivity contribution in [2.24, 2.45) is 0 Å². The number of sulfonamides is 1.